The van der Waals surface area contributed by atoms with Crippen LogP contribution in [0.25, 0.3) is 11.3 Å². The maximum absolute atomic E-state index is 13.1. The van der Waals surface area contributed by atoms with Gasteiger partial charge in [0, 0.05) is 35.8 Å². The van der Waals surface area contributed by atoms with Gasteiger partial charge >= 0.3 is 0 Å². The van der Waals surface area contributed by atoms with Crippen molar-refractivity contribution >= 4 is 28.3 Å². The third-order valence-corrected chi connectivity index (χ3v) is 6.22. The quantitative estimate of drug-likeness (QED) is 0.468. The van der Waals surface area contributed by atoms with Crippen LogP contribution >= 0.6 is 11.3 Å². The van der Waals surface area contributed by atoms with Crippen LogP contribution in [-0.2, 0) is 13.0 Å². The van der Waals surface area contributed by atoms with E-state index in [1.807, 2.05) is 24.3 Å². The zero-order valence-electron chi connectivity index (χ0n) is 17.6. The summed E-state index contributed by atoms with van der Waals surface area (Å²) >= 11 is 1.35. The lowest BCUT2D eigenvalue weighted by atomic mass is 10.1. The summed E-state index contributed by atoms with van der Waals surface area (Å²) in [6.45, 7) is 0.936. The van der Waals surface area contributed by atoms with Crippen LogP contribution < -0.4 is 10.1 Å². The van der Waals surface area contributed by atoms with E-state index in [4.69, 9.17) is 4.74 Å². The summed E-state index contributed by atoms with van der Waals surface area (Å²) in [5, 5.41) is 10.4. The number of methoxy groups -OCH3 is 1. The molecule has 33 heavy (non-hydrogen) atoms. The number of carbonyl (C=O) groups is 2. The number of amides is 2. The first-order valence-corrected chi connectivity index (χ1v) is 11.0. The number of H-pyrrole nitrogens is 1. The first-order chi connectivity index (χ1) is 16.1. The highest BCUT2D eigenvalue weighted by Crippen LogP contribution is 2.31. The predicted octanol–water partition coefficient (Wildman–Crippen LogP) is 2.78. The summed E-state index contributed by atoms with van der Waals surface area (Å²) in [5.74, 6) is 0.169. The standard InChI is InChI=1S/C22H19N7O3S/c1-32-18-5-3-2-4-13(18)15-10-16(28-27-15)21(31)29-9-6-14-19(12-29)33-22(25-14)26-20(30)17-11-23-7-8-24-17/h2-5,7-8,10-11H,6,9,12H2,1H3,(H,27,28)(H,25,26,30). The van der Waals surface area contributed by atoms with Crippen LogP contribution in [0.5, 0.6) is 5.75 Å². The lowest BCUT2D eigenvalue weighted by Crippen LogP contribution is -2.35. The molecule has 0 bridgehead atoms. The van der Waals surface area contributed by atoms with Crippen molar-refractivity contribution in [3.05, 3.63) is 70.9 Å². The van der Waals surface area contributed by atoms with Gasteiger partial charge in [-0.3, -0.25) is 25.0 Å². The van der Waals surface area contributed by atoms with Gasteiger partial charge in [-0.05, 0) is 18.2 Å². The van der Waals surface area contributed by atoms with Crippen LogP contribution in [0.15, 0.2) is 48.9 Å². The maximum Gasteiger partial charge on any atom is 0.277 e. The highest BCUT2D eigenvalue weighted by molar-refractivity contribution is 7.15. The van der Waals surface area contributed by atoms with E-state index in [0.29, 0.717) is 41.8 Å². The number of hydrogen-bond acceptors (Lipinski definition) is 8. The van der Waals surface area contributed by atoms with E-state index in [9.17, 15) is 9.59 Å². The number of fused-ring (bicyclic) bond motifs is 1. The van der Waals surface area contributed by atoms with Crippen molar-refractivity contribution in [3.63, 3.8) is 0 Å². The van der Waals surface area contributed by atoms with E-state index < -0.39 is 0 Å². The van der Waals surface area contributed by atoms with Gasteiger partial charge in [-0.25, -0.2) is 9.97 Å². The molecule has 166 valence electrons. The molecule has 4 heterocycles. The number of carbonyl (C=O) groups excluding carboxylic acids is 2. The van der Waals surface area contributed by atoms with Gasteiger partial charge in [0.1, 0.15) is 17.1 Å². The molecule has 0 fully saturated rings. The Morgan fingerprint density at radius 1 is 1.24 bits per heavy atom. The van der Waals surface area contributed by atoms with Gasteiger partial charge in [0.15, 0.2) is 5.13 Å². The summed E-state index contributed by atoms with van der Waals surface area (Å²) in [4.78, 5) is 40.5. The predicted molar refractivity (Wildman–Crippen MR) is 121 cm³/mol. The summed E-state index contributed by atoms with van der Waals surface area (Å²) in [7, 11) is 1.60. The van der Waals surface area contributed by atoms with E-state index in [1.165, 1.54) is 29.9 Å². The molecule has 3 aromatic heterocycles. The number of ether oxygens (including phenoxy) is 1. The van der Waals surface area contributed by atoms with Gasteiger partial charge in [-0.15, -0.1) is 0 Å². The Bertz CT molecular complexity index is 1320. The van der Waals surface area contributed by atoms with Gasteiger partial charge < -0.3 is 9.64 Å². The number of para-hydroxylation sites is 1. The Morgan fingerprint density at radius 2 is 2.12 bits per heavy atom. The van der Waals surface area contributed by atoms with Crippen molar-refractivity contribution in [2.45, 2.75) is 13.0 Å². The lowest BCUT2D eigenvalue weighted by Gasteiger charge is -2.25. The SMILES string of the molecule is COc1ccccc1-c1cc(C(=O)N2CCc3nc(NC(=O)c4cnccn4)sc3C2)[nH]n1. The third kappa shape index (κ3) is 4.17. The maximum atomic E-state index is 13.1. The van der Waals surface area contributed by atoms with Crippen LogP contribution in [0.4, 0.5) is 5.13 Å². The summed E-state index contributed by atoms with van der Waals surface area (Å²) in [6, 6.07) is 9.25. The van der Waals surface area contributed by atoms with Crippen LogP contribution in [0.3, 0.4) is 0 Å². The minimum atomic E-state index is -0.372. The molecule has 10 nitrogen and oxygen atoms in total. The van der Waals surface area contributed by atoms with Crippen LogP contribution in [0.1, 0.15) is 31.5 Å². The summed E-state index contributed by atoms with van der Waals surface area (Å²) < 4.78 is 5.39. The minimum Gasteiger partial charge on any atom is -0.496 e. The lowest BCUT2D eigenvalue weighted by molar-refractivity contribution is 0.0730. The molecule has 5 rings (SSSR count). The molecule has 0 radical (unpaired) electrons. The molecule has 11 heteroatoms. The largest absolute Gasteiger partial charge is 0.496 e. The number of hydrogen-bond donors (Lipinski definition) is 2. The second-order valence-corrected chi connectivity index (χ2v) is 8.36. The first-order valence-electron chi connectivity index (χ1n) is 10.2. The van der Waals surface area contributed by atoms with Gasteiger partial charge in [0.25, 0.3) is 11.8 Å². The number of nitrogens with zero attached hydrogens (tertiary/aromatic N) is 5. The van der Waals surface area contributed by atoms with E-state index >= 15 is 0 Å². The molecule has 4 aromatic rings. The average molecular weight is 462 g/mol. The van der Waals surface area contributed by atoms with Crippen molar-refractivity contribution in [2.24, 2.45) is 0 Å². The second-order valence-electron chi connectivity index (χ2n) is 7.28. The van der Waals surface area contributed by atoms with E-state index in [1.54, 1.807) is 18.1 Å². The molecular weight excluding hydrogens is 442 g/mol. The molecule has 0 atom stereocenters. The number of aromatic amines is 1. The number of anilines is 1. The third-order valence-electron chi connectivity index (χ3n) is 5.23. The molecule has 0 aliphatic carbocycles. The molecule has 0 saturated heterocycles. The van der Waals surface area contributed by atoms with Gasteiger partial charge in [-0.2, -0.15) is 5.10 Å². The van der Waals surface area contributed by atoms with Crippen LogP contribution in [0, 0.1) is 0 Å². The second kappa shape index (κ2) is 8.79. The smallest absolute Gasteiger partial charge is 0.277 e. The first kappa shape index (κ1) is 20.8. The van der Waals surface area contributed by atoms with Crippen molar-refractivity contribution < 1.29 is 14.3 Å². The molecule has 1 aliphatic rings. The Balaban J connectivity index is 1.29. The number of nitrogens with one attached hydrogen (secondary N) is 2. The van der Waals surface area contributed by atoms with E-state index in [-0.39, 0.29) is 17.5 Å². The minimum absolute atomic E-state index is 0.146. The van der Waals surface area contributed by atoms with Crippen molar-refractivity contribution in [1.82, 2.24) is 30.0 Å². The fraction of sp³-hybridized carbons (Fsp3) is 0.182. The normalized spacial score (nSPS) is 12.8. The average Bonchev–Trinajstić information content (AvgIpc) is 3.50. The van der Waals surface area contributed by atoms with Crippen molar-refractivity contribution in [1.29, 1.82) is 0 Å². The van der Waals surface area contributed by atoms with Crippen LogP contribution in [-0.4, -0.2) is 55.5 Å². The van der Waals surface area contributed by atoms with E-state index in [0.717, 1.165) is 16.1 Å². The van der Waals surface area contributed by atoms with E-state index in [2.05, 4.69) is 30.5 Å². The van der Waals surface area contributed by atoms with Crippen molar-refractivity contribution in [3.8, 4) is 17.0 Å². The molecule has 2 N–H and O–H groups in total. The Morgan fingerprint density at radius 3 is 2.94 bits per heavy atom. The number of rotatable bonds is 5. The summed E-state index contributed by atoms with van der Waals surface area (Å²) in [6.07, 6.45) is 4.96. The van der Waals surface area contributed by atoms with Crippen molar-refractivity contribution in [2.75, 3.05) is 19.0 Å². The Hall–Kier alpha value is -4.12. The monoisotopic (exact) mass is 461 g/mol. The molecule has 1 aromatic carbocycles. The van der Waals surface area contributed by atoms with Gasteiger partial charge in [0.05, 0.1) is 31.2 Å². The number of thiazole rings is 1. The molecular formula is C22H19N7O3S. The fourth-order valence-corrected chi connectivity index (χ4v) is 4.61. The highest BCUT2D eigenvalue weighted by Gasteiger charge is 2.27. The summed E-state index contributed by atoms with van der Waals surface area (Å²) in [5.41, 5.74) is 2.95. The molecule has 0 spiro atoms. The molecule has 0 saturated carbocycles. The van der Waals surface area contributed by atoms with Gasteiger partial charge in [0.2, 0.25) is 0 Å². The van der Waals surface area contributed by atoms with Gasteiger partial charge in [-0.1, -0.05) is 23.5 Å². The zero-order chi connectivity index (χ0) is 22.8. The molecule has 1 aliphatic heterocycles. The highest BCUT2D eigenvalue weighted by atomic mass is 32.1. The zero-order valence-corrected chi connectivity index (χ0v) is 18.4. The molecule has 0 unspecified atom stereocenters. The Labute approximate surface area is 192 Å². The number of benzene rings is 1. The molecule has 2 amide bonds. The Kier molecular flexibility index (Phi) is 5.53. The van der Waals surface area contributed by atoms with Crippen LogP contribution in [0.2, 0.25) is 0 Å². The topological polar surface area (TPSA) is 126 Å². The number of aromatic nitrogens is 5. The fourth-order valence-electron chi connectivity index (χ4n) is 3.60.